The Morgan fingerprint density at radius 3 is 2.57 bits per heavy atom. The van der Waals surface area contributed by atoms with E-state index >= 15 is 0 Å². The molecular formula is C11H12BrFO. The highest BCUT2D eigenvalue weighted by Crippen LogP contribution is 2.51. The fraction of sp³-hybridized carbons (Fsp3) is 0.455. The van der Waals surface area contributed by atoms with Crippen LogP contribution in [0.5, 0.6) is 0 Å². The van der Waals surface area contributed by atoms with Crippen LogP contribution < -0.4 is 0 Å². The Balaban J connectivity index is 2.25. The van der Waals surface area contributed by atoms with Gasteiger partial charge in [0.25, 0.3) is 0 Å². The highest BCUT2D eigenvalue weighted by atomic mass is 79.9. The van der Waals surface area contributed by atoms with Crippen molar-refractivity contribution in [1.29, 1.82) is 0 Å². The van der Waals surface area contributed by atoms with E-state index in [0.717, 1.165) is 4.47 Å². The first-order valence-electron chi connectivity index (χ1n) is 4.59. The van der Waals surface area contributed by atoms with Gasteiger partial charge in [-0.3, -0.25) is 0 Å². The minimum absolute atomic E-state index is 0.191. The molecule has 3 heteroatoms. The van der Waals surface area contributed by atoms with Crippen LogP contribution in [0.2, 0.25) is 0 Å². The predicted molar refractivity (Wildman–Crippen MR) is 56.8 cm³/mol. The maximum atomic E-state index is 14.1. The summed E-state index contributed by atoms with van der Waals surface area (Å²) in [6, 6.07) is 7.21. The van der Waals surface area contributed by atoms with Gasteiger partial charge in [0, 0.05) is 17.3 Å². The summed E-state index contributed by atoms with van der Waals surface area (Å²) in [5.41, 5.74) is -1.52. The first kappa shape index (κ1) is 10.1. The molecule has 1 N–H and O–H groups in total. The summed E-state index contributed by atoms with van der Waals surface area (Å²) >= 11 is 3.31. The Labute approximate surface area is 91.1 Å². The highest BCUT2D eigenvalue weighted by molar-refractivity contribution is 9.10. The molecule has 1 aromatic rings. The summed E-state index contributed by atoms with van der Waals surface area (Å²) in [4.78, 5) is 0. The number of halogens is 2. The molecule has 0 heterocycles. The van der Waals surface area contributed by atoms with Crippen molar-refractivity contribution in [3.8, 4) is 0 Å². The average Bonchev–Trinajstić information content (AvgIpc) is 2.00. The van der Waals surface area contributed by atoms with E-state index in [4.69, 9.17) is 0 Å². The number of aliphatic hydroxyl groups is 1. The summed E-state index contributed by atoms with van der Waals surface area (Å²) in [6.45, 7) is 1.67. The molecule has 2 rings (SSSR count). The monoisotopic (exact) mass is 258 g/mol. The van der Waals surface area contributed by atoms with Gasteiger partial charge in [-0.15, -0.1) is 0 Å². The summed E-state index contributed by atoms with van der Waals surface area (Å²) in [5, 5.41) is 9.53. The number of hydrogen-bond acceptors (Lipinski definition) is 1. The number of rotatable bonds is 1. The lowest BCUT2D eigenvalue weighted by molar-refractivity contribution is -0.133. The van der Waals surface area contributed by atoms with E-state index in [2.05, 4.69) is 15.9 Å². The zero-order chi connectivity index (χ0) is 10.4. The minimum atomic E-state index is -1.34. The van der Waals surface area contributed by atoms with Crippen LogP contribution in [0.25, 0.3) is 0 Å². The molecular weight excluding hydrogens is 247 g/mol. The van der Waals surface area contributed by atoms with Crippen LogP contribution in [0.15, 0.2) is 28.7 Å². The van der Waals surface area contributed by atoms with Gasteiger partial charge in [0.05, 0.1) is 5.60 Å². The van der Waals surface area contributed by atoms with Gasteiger partial charge in [-0.1, -0.05) is 28.1 Å². The lowest BCUT2D eigenvalue weighted by atomic mass is 9.66. The number of alkyl halides is 1. The fourth-order valence-electron chi connectivity index (χ4n) is 2.13. The molecule has 0 spiro atoms. The molecule has 14 heavy (non-hydrogen) atoms. The van der Waals surface area contributed by atoms with Gasteiger partial charge in [0.15, 0.2) is 0 Å². The standard InChI is InChI=1S/C11H12BrFO/c1-10(14)6-11(13,7-10)8-3-2-4-9(12)5-8/h2-5,14H,6-7H2,1H3/t10-,11+. The Kier molecular flexibility index (Phi) is 2.20. The van der Waals surface area contributed by atoms with Crippen molar-refractivity contribution in [2.45, 2.75) is 31.0 Å². The molecule has 1 aromatic carbocycles. The van der Waals surface area contributed by atoms with Crippen LogP contribution in [0.1, 0.15) is 25.3 Å². The number of hydrogen-bond donors (Lipinski definition) is 1. The summed E-state index contributed by atoms with van der Waals surface area (Å²) < 4.78 is 15.0. The molecule has 0 atom stereocenters. The van der Waals surface area contributed by atoms with E-state index in [1.54, 1.807) is 19.1 Å². The van der Waals surface area contributed by atoms with Crippen molar-refractivity contribution in [3.05, 3.63) is 34.3 Å². The van der Waals surface area contributed by atoms with Gasteiger partial charge >= 0.3 is 0 Å². The van der Waals surface area contributed by atoms with E-state index in [1.807, 2.05) is 12.1 Å². The van der Waals surface area contributed by atoms with Crippen LogP contribution in [-0.4, -0.2) is 10.7 Å². The maximum Gasteiger partial charge on any atom is 0.141 e. The molecule has 76 valence electrons. The number of benzene rings is 1. The lowest BCUT2D eigenvalue weighted by Gasteiger charge is -2.46. The molecule has 1 aliphatic rings. The second-order valence-corrected chi connectivity index (χ2v) is 5.24. The van der Waals surface area contributed by atoms with Gasteiger partial charge in [-0.25, -0.2) is 4.39 Å². The molecule has 0 bridgehead atoms. The van der Waals surface area contributed by atoms with Crippen LogP contribution >= 0.6 is 15.9 Å². The molecule has 1 nitrogen and oxygen atoms in total. The molecule has 1 aliphatic carbocycles. The third-order valence-electron chi connectivity index (χ3n) is 2.66. The fourth-order valence-corrected chi connectivity index (χ4v) is 2.53. The van der Waals surface area contributed by atoms with E-state index in [9.17, 15) is 9.50 Å². The van der Waals surface area contributed by atoms with Crippen LogP contribution in [0.4, 0.5) is 4.39 Å². The van der Waals surface area contributed by atoms with Gasteiger partial charge < -0.3 is 5.11 Å². The Morgan fingerprint density at radius 1 is 1.43 bits per heavy atom. The molecule has 0 aliphatic heterocycles. The van der Waals surface area contributed by atoms with Gasteiger partial charge in [0.2, 0.25) is 0 Å². The van der Waals surface area contributed by atoms with Crippen molar-refractivity contribution in [2.75, 3.05) is 0 Å². The SMILES string of the molecule is C[C@]1(O)C[C@](F)(c2cccc(Br)c2)C1. The Hall–Kier alpha value is -0.410. The summed E-state index contributed by atoms with van der Waals surface area (Å²) in [7, 11) is 0. The van der Waals surface area contributed by atoms with E-state index < -0.39 is 11.3 Å². The maximum absolute atomic E-state index is 14.1. The largest absolute Gasteiger partial charge is 0.390 e. The third kappa shape index (κ3) is 1.71. The van der Waals surface area contributed by atoms with Gasteiger partial charge in [-0.2, -0.15) is 0 Å². The van der Waals surface area contributed by atoms with Crippen molar-refractivity contribution in [2.24, 2.45) is 0 Å². The van der Waals surface area contributed by atoms with Crippen molar-refractivity contribution in [1.82, 2.24) is 0 Å². The van der Waals surface area contributed by atoms with Crippen LogP contribution in [0, 0.1) is 0 Å². The summed E-state index contributed by atoms with van der Waals surface area (Å²) in [6.07, 6.45) is 0.382. The minimum Gasteiger partial charge on any atom is -0.390 e. The lowest BCUT2D eigenvalue weighted by Crippen LogP contribution is -2.50. The molecule has 0 saturated heterocycles. The quantitative estimate of drug-likeness (QED) is 0.821. The van der Waals surface area contributed by atoms with E-state index in [0.29, 0.717) is 5.56 Å². The smallest absolute Gasteiger partial charge is 0.141 e. The second kappa shape index (κ2) is 3.04. The van der Waals surface area contributed by atoms with Crippen molar-refractivity contribution >= 4 is 15.9 Å². The predicted octanol–water partition coefficient (Wildman–Crippen LogP) is 3.16. The normalized spacial score (nSPS) is 36.6. The molecule has 0 aromatic heterocycles. The van der Waals surface area contributed by atoms with Crippen molar-refractivity contribution < 1.29 is 9.50 Å². The van der Waals surface area contributed by atoms with Crippen LogP contribution in [0.3, 0.4) is 0 Å². The van der Waals surface area contributed by atoms with Gasteiger partial charge in [0.1, 0.15) is 5.67 Å². The molecule has 1 fully saturated rings. The average molecular weight is 259 g/mol. The Morgan fingerprint density at radius 2 is 2.07 bits per heavy atom. The zero-order valence-electron chi connectivity index (χ0n) is 7.93. The highest BCUT2D eigenvalue weighted by Gasteiger charge is 2.52. The molecule has 0 unspecified atom stereocenters. The van der Waals surface area contributed by atoms with E-state index in [1.165, 1.54) is 0 Å². The Bertz CT molecular complexity index is 354. The molecule has 0 amide bonds. The third-order valence-corrected chi connectivity index (χ3v) is 3.16. The molecule has 1 saturated carbocycles. The van der Waals surface area contributed by atoms with Crippen LogP contribution in [-0.2, 0) is 5.67 Å². The second-order valence-electron chi connectivity index (χ2n) is 4.33. The molecule has 0 radical (unpaired) electrons. The summed E-state index contributed by atoms with van der Waals surface area (Å²) in [5.74, 6) is 0. The van der Waals surface area contributed by atoms with Crippen molar-refractivity contribution in [3.63, 3.8) is 0 Å². The first-order chi connectivity index (χ1) is 6.41. The topological polar surface area (TPSA) is 20.2 Å². The zero-order valence-corrected chi connectivity index (χ0v) is 9.51. The first-order valence-corrected chi connectivity index (χ1v) is 5.38. The van der Waals surface area contributed by atoms with E-state index in [-0.39, 0.29) is 12.8 Å². The van der Waals surface area contributed by atoms with Gasteiger partial charge in [-0.05, 0) is 24.6 Å².